The molecule has 4 nitrogen and oxygen atoms in total. The van der Waals surface area contributed by atoms with E-state index >= 15 is 0 Å². The van der Waals surface area contributed by atoms with Crippen LogP contribution in [0.2, 0.25) is 0 Å². The quantitative estimate of drug-likeness (QED) is 0.351. The average Bonchev–Trinajstić information content (AvgIpc) is 3.37. The van der Waals surface area contributed by atoms with Gasteiger partial charge in [-0.05, 0) is 126 Å². The van der Waals surface area contributed by atoms with Crippen LogP contribution in [0.4, 0.5) is 0 Å². The molecule has 0 aromatic heterocycles. The molecule has 2 aromatic carbocycles. The molecule has 0 N–H and O–H groups in total. The molecule has 4 heteroatoms. The lowest BCUT2D eigenvalue weighted by atomic mass is 9.78. The van der Waals surface area contributed by atoms with Crippen LogP contribution in [0.1, 0.15) is 99.5 Å². The van der Waals surface area contributed by atoms with Gasteiger partial charge in [-0.25, -0.2) is 0 Å². The van der Waals surface area contributed by atoms with Crippen LogP contribution in [-0.2, 0) is 6.42 Å². The number of hydrogen-bond acceptors (Lipinski definition) is 4. The van der Waals surface area contributed by atoms with E-state index in [1.807, 2.05) is 45.0 Å². The summed E-state index contributed by atoms with van der Waals surface area (Å²) in [5.41, 5.74) is 3.62. The van der Waals surface area contributed by atoms with Gasteiger partial charge in [0, 0.05) is 24.0 Å². The van der Waals surface area contributed by atoms with E-state index in [9.17, 15) is 4.79 Å². The third kappa shape index (κ3) is 6.96. The third-order valence-corrected chi connectivity index (χ3v) is 8.70. The first kappa shape index (κ1) is 26.3. The van der Waals surface area contributed by atoms with Crippen molar-refractivity contribution in [1.82, 2.24) is 4.90 Å². The number of likely N-dealkylation sites (tertiary alicyclic amines) is 1. The lowest BCUT2D eigenvalue weighted by Crippen LogP contribution is -2.35. The van der Waals surface area contributed by atoms with E-state index in [4.69, 9.17) is 9.47 Å². The summed E-state index contributed by atoms with van der Waals surface area (Å²) < 4.78 is 11.7. The summed E-state index contributed by atoms with van der Waals surface area (Å²) in [5, 5.41) is 0. The Labute approximate surface area is 223 Å². The van der Waals surface area contributed by atoms with Crippen LogP contribution in [0.25, 0.3) is 0 Å². The van der Waals surface area contributed by atoms with Crippen molar-refractivity contribution >= 4 is 5.78 Å². The van der Waals surface area contributed by atoms with Crippen molar-refractivity contribution in [2.45, 2.75) is 90.1 Å². The molecule has 0 unspecified atom stereocenters. The predicted molar refractivity (Wildman–Crippen MR) is 150 cm³/mol. The van der Waals surface area contributed by atoms with Crippen LogP contribution < -0.4 is 9.47 Å². The van der Waals surface area contributed by atoms with Crippen molar-refractivity contribution in [3.8, 4) is 11.5 Å². The van der Waals surface area contributed by atoms with Gasteiger partial charge < -0.3 is 14.4 Å². The maximum absolute atomic E-state index is 12.9. The first-order valence-corrected chi connectivity index (χ1v) is 14.6. The zero-order valence-corrected chi connectivity index (χ0v) is 23.1. The van der Waals surface area contributed by atoms with Crippen molar-refractivity contribution in [2.75, 3.05) is 26.2 Å². The highest BCUT2D eigenvalue weighted by Gasteiger charge is 2.27. The summed E-state index contributed by atoms with van der Waals surface area (Å²) in [6.45, 7) is 10.6. The largest absolute Gasteiger partial charge is 0.493 e. The summed E-state index contributed by atoms with van der Waals surface area (Å²) in [6, 6.07) is 14.4. The van der Waals surface area contributed by atoms with E-state index in [-0.39, 0.29) is 11.4 Å². The molecule has 2 aromatic rings. The molecule has 0 radical (unpaired) electrons. The lowest BCUT2D eigenvalue weighted by Gasteiger charge is -2.35. The molecule has 200 valence electrons. The molecule has 0 bridgehead atoms. The number of ether oxygens (including phenoxy) is 2. The normalized spacial score (nSPS) is 22.9. The number of ketones is 1. The summed E-state index contributed by atoms with van der Waals surface area (Å²) in [5.74, 6) is 4.30. The Morgan fingerprint density at radius 3 is 2.35 bits per heavy atom. The Morgan fingerprint density at radius 1 is 0.946 bits per heavy atom. The molecule has 0 amide bonds. The van der Waals surface area contributed by atoms with Gasteiger partial charge in [0.2, 0.25) is 0 Å². The first-order chi connectivity index (χ1) is 17.8. The molecule has 0 spiro atoms. The maximum atomic E-state index is 12.9. The fraction of sp³-hybridized carbons (Fsp3) is 0.606. The molecule has 5 rings (SSSR count). The Hall–Kier alpha value is -2.33. The molecule has 2 heterocycles. The van der Waals surface area contributed by atoms with Crippen molar-refractivity contribution in [3.63, 3.8) is 0 Å². The van der Waals surface area contributed by atoms with Gasteiger partial charge in [0.1, 0.15) is 17.1 Å². The second-order valence-corrected chi connectivity index (χ2v) is 12.6. The highest BCUT2D eigenvalue weighted by atomic mass is 16.5. The molecule has 3 aliphatic rings. The fourth-order valence-electron chi connectivity index (χ4n) is 6.63. The van der Waals surface area contributed by atoms with E-state index in [1.165, 1.54) is 70.1 Å². The van der Waals surface area contributed by atoms with Crippen molar-refractivity contribution < 1.29 is 14.3 Å². The predicted octanol–water partition coefficient (Wildman–Crippen LogP) is 7.45. The first-order valence-electron chi connectivity index (χ1n) is 14.6. The zero-order valence-electron chi connectivity index (χ0n) is 23.1. The molecule has 1 saturated carbocycles. The van der Waals surface area contributed by atoms with E-state index in [1.54, 1.807) is 5.56 Å². The van der Waals surface area contributed by atoms with E-state index in [2.05, 4.69) is 23.1 Å². The SMILES string of the molecule is CC(C)(C)Oc1ccc(C(=O)CC2CCC(CCN3CCC(c4cccc5c4CCO5)CC3)CC2)cc1. The summed E-state index contributed by atoms with van der Waals surface area (Å²) in [6.07, 6.45) is 10.6. The Morgan fingerprint density at radius 2 is 1.65 bits per heavy atom. The lowest BCUT2D eigenvalue weighted by molar-refractivity contribution is 0.0939. The van der Waals surface area contributed by atoms with Gasteiger partial charge in [0.05, 0.1) is 6.61 Å². The Bertz CT molecular complexity index is 1040. The number of Topliss-reactive ketones (excluding diaryl/α,β-unsaturated/α-hetero) is 1. The minimum absolute atomic E-state index is 0.224. The van der Waals surface area contributed by atoms with Gasteiger partial charge in [-0.15, -0.1) is 0 Å². The summed E-state index contributed by atoms with van der Waals surface area (Å²) in [7, 11) is 0. The number of carbonyl (C=O) groups is 1. The van der Waals surface area contributed by atoms with E-state index in [0.717, 1.165) is 36.0 Å². The summed E-state index contributed by atoms with van der Waals surface area (Å²) in [4.78, 5) is 15.6. The minimum Gasteiger partial charge on any atom is -0.493 e. The topological polar surface area (TPSA) is 38.8 Å². The smallest absolute Gasteiger partial charge is 0.163 e. The molecule has 1 aliphatic carbocycles. The molecule has 37 heavy (non-hydrogen) atoms. The van der Waals surface area contributed by atoms with Gasteiger partial charge in [0.25, 0.3) is 0 Å². The molecule has 2 fully saturated rings. The van der Waals surface area contributed by atoms with Gasteiger partial charge in [0.15, 0.2) is 5.78 Å². The van der Waals surface area contributed by atoms with E-state index in [0.29, 0.717) is 18.3 Å². The fourth-order valence-corrected chi connectivity index (χ4v) is 6.63. The van der Waals surface area contributed by atoms with Crippen LogP contribution in [0.15, 0.2) is 42.5 Å². The molecule has 2 aliphatic heterocycles. The van der Waals surface area contributed by atoms with Crippen molar-refractivity contribution in [1.29, 1.82) is 0 Å². The van der Waals surface area contributed by atoms with Crippen molar-refractivity contribution in [3.05, 3.63) is 59.2 Å². The standard InChI is InChI=1S/C33H45NO3/c1-33(2,3)37-28-13-11-27(12-14-28)31(35)23-25-9-7-24(8-10-25)15-19-34-20-16-26(17-21-34)29-5-4-6-32-30(29)18-22-36-32/h4-6,11-14,24-26H,7-10,15-23H2,1-3H3. The number of piperidine rings is 1. The van der Waals surface area contributed by atoms with Gasteiger partial charge >= 0.3 is 0 Å². The second kappa shape index (κ2) is 11.6. The number of hydrogen-bond donors (Lipinski definition) is 0. The molecule has 0 atom stereocenters. The van der Waals surface area contributed by atoms with Crippen LogP contribution >= 0.6 is 0 Å². The van der Waals surface area contributed by atoms with Crippen molar-refractivity contribution in [2.24, 2.45) is 11.8 Å². The molecular formula is C33H45NO3. The van der Waals surface area contributed by atoms with Gasteiger partial charge in [-0.1, -0.05) is 25.0 Å². The monoisotopic (exact) mass is 503 g/mol. The molecular weight excluding hydrogens is 458 g/mol. The highest BCUT2D eigenvalue weighted by molar-refractivity contribution is 5.96. The van der Waals surface area contributed by atoms with Crippen LogP contribution in [0.5, 0.6) is 11.5 Å². The number of benzene rings is 2. The van der Waals surface area contributed by atoms with Gasteiger partial charge in [-0.2, -0.15) is 0 Å². The van der Waals surface area contributed by atoms with Crippen LogP contribution in [0, 0.1) is 11.8 Å². The van der Waals surface area contributed by atoms with Crippen LogP contribution in [-0.4, -0.2) is 42.5 Å². The zero-order chi connectivity index (χ0) is 25.8. The average molecular weight is 504 g/mol. The Kier molecular flexibility index (Phi) is 8.24. The number of carbonyl (C=O) groups excluding carboxylic acids is 1. The second-order valence-electron chi connectivity index (χ2n) is 12.6. The maximum Gasteiger partial charge on any atom is 0.163 e. The minimum atomic E-state index is -0.224. The number of rotatable bonds is 8. The Balaban J connectivity index is 1.00. The molecule has 1 saturated heterocycles. The number of nitrogens with zero attached hydrogens (tertiary/aromatic N) is 1. The third-order valence-electron chi connectivity index (χ3n) is 8.70. The summed E-state index contributed by atoms with van der Waals surface area (Å²) >= 11 is 0. The van der Waals surface area contributed by atoms with Crippen LogP contribution in [0.3, 0.4) is 0 Å². The number of fused-ring (bicyclic) bond motifs is 1. The highest BCUT2D eigenvalue weighted by Crippen LogP contribution is 2.38. The van der Waals surface area contributed by atoms with Gasteiger partial charge in [-0.3, -0.25) is 4.79 Å². The van der Waals surface area contributed by atoms with E-state index < -0.39 is 0 Å².